The van der Waals surface area contributed by atoms with E-state index in [1.165, 1.54) is 0 Å². The van der Waals surface area contributed by atoms with Crippen LogP contribution in [0.1, 0.15) is 4.88 Å². The Hall–Kier alpha value is -2.09. The van der Waals surface area contributed by atoms with Gasteiger partial charge in [-0.2, -0.15) is 0 Å². The number of urea groups is 1. The van der Waals surface area contributed by atoms with E-state index in [0.717, 1.165) is 9.78 Å². The second kappa shape index (κ2) is 7.37. The molecule has 1 heterocycles. The summed E-state index contributed by atoms with van der Waals surface area (Å²) in [5.41, 5.74) is 0. The van der Waals surface area contributed by atoms with Crippen molar-refractivity contribution in [2.75, 3.05) is 19.6 Å². The molecule has 8 heteroatoms. The van der Waals surface area contributed by atoms with Crippen LogP contribution < -0.4 is 5.32 Å². The number of hydrogen-bond acceptors (Lipinski definition) is 4. The molecule has 3 N–H and O–H groups in total. The highest BCUT2D eigenvalue weighted by Gasteiger charge is 2.18. The number of thiophene rings is 1. The van der Waals surface area contributed by atoms with Crippen LogP contribution in [0, 0.1) is 0 Å². The van der Waals surface area contributed by atoms with Crippen LogP contribution >= 0.6 is 11.3 Å². The minimum atomic E-state index is -1.25. The lowest BCUT2D eigenvalue weighted by Gasteiger charge is -2.18. The first-order valence-electron chi connectivity index (χ1n) is 5.48. The van der Waals surface area contributed by atoms with Gasteiger partial charge in [0.15, 0.2) is 0 Å². The lowest BCUT2D eigenvalue weighted by Crippen LogP contribution is -2.45. The highest BCUT2D eigenvalue weighted by Crippen LogP contribution is 2.08. The molecule has 0 saturated heterocycles. The van der Waals surface area contributed by atoms with Crippen LogP contribution in [0.4, 0.5) is 4.79 Å². The monoisotopic (exact) mass is 286 g/mol. The fraction of sp³-hybridized carbons (Fsp3) is 0.364. The zero-order valence-corrected chi connectivity index (χ0v) is 10.9. The van der Waals surface area contributed by atoms with E-state index in [0.29, 0.717) is 13.0 Å². The van der Waals surface area contributed by atoms with Gasteiger partial charge in [-0.3, -0.25) is 9.59 Å². The van der Waals surface area contributed by atoms with E-state index in [4.69, 9.17) is 10.2 Å². The lowest BCUT2D eigenvalue weighted by molar-refractivity contribution is -0.140. The minimum Gasteiger partial charge on any atom is -0.480 e. The van der Waals surface area contributed by atoms with E-state index in [1.54, 1.807) is 11.3 Å². The van der Waals surface area contributed by atoms with Gasteiger partial charge >= 0.3 is 18.0 Å². The number of nitrogens with zero attached hydrogens (tertiary/aromatic N) is 1. The Kier molecular flexibility index (Phi) is 5.80. The number of hydrogen-bond donors (Lipinski definition) is 3. The molecular formula is C11H14N2O5S. The maximum Gasteiger partial charge on any atom is 0.323 e. The van der Waals surface area contributed by atoms with E-state index in [-0.39, 0.29) is 0 Å². The summed E-state index contributed by atoms with van der Waals surface area (Å²) >= 11 is 1.55. The zero-order valence-electron chi connectivity index (χ0n) is 10.0. The van der Waals surface area contributed by atoms with E-state index >= 15 is 0 Å². The van der Waals surface area contributed by atoms with Gasteiger partial charge in [0.2, 0.25) is 0 Å². The molecule has 2 amide bonds. The molecule has 0 fully saturated rings. The summed E-state index contributed by atoms with van der Waals surface area (Å²) in [5.74, 6) is -2.51. The van der Waals surface area contributed by atoms with Crippen LogP contribution in [-0.2, 0) is 16.0 Å². The average molecular weight is 286 g/mol. The Balaban J connectivity index is 2.42. The fourth-order valence-electron chi connectivity index (χ4n) is 1.39. The second-order valence-electron chi connectivity index (χ2n) is 3.70. The Morgan fingerprint density at radius 2 is 1.84 bits per heavy atom. The molecule has 19 heavy (non-hydrogen) atoms. The number of amides is 2. The summed E-state index contributed by atoms with van der Waals surface area (Å²) in [5, 5.41) is 21.6. The van der Waals surface area contributed by atoms with E-state index in [2.05, 4.69) is 5.32 Å². The number of rotatable bonds is 7. The van der Waals surface area contributed by atoms with E-state index < -0.39 is 31.1 Å². The average Bonchev–Trinajstić information content (AvgIpc) is 2.79. The van der Waals surface area contributed by atoms with Crippen molar-refractivity contribution in [2.45, 2.75) is 6.42 Å². The zero-order chi connectivity index (χ0) is 14.3. The number of carboxylic acid groups (broad SMARTS) is 2. The first-order chi connectivity index (χ1) is 8.99. The third-order valence-electron chi connectivity index (χ3n) is 2.17. The minimum absolute atomic E-state index is 0.328. The summed E-state index contributed by atoms with van der Waals surface area (Å²) in [6.45, 7) is -0.955. The Morgan fingerprint density at radius 3 is 2.32 bits per heavy atom. The number of carbonyl (C=O) groups excluding carboxylic acids is 1. The Labute approximate surface area is 113 Å². The highest BCUT2D eigenvalue weighted by atomic mass is 32.1. The third-order valence-corrected chi connectivity index (χ3v) is 3.10. The smallest absolute Gasteiger partial charge is 0.323 e. The summed E-state index contributed by atoms with van der Waals surface area (Å²) in [7, 11) is 0. The van der Waals surface area contributed by atoms with Crippen molar-refractivity contribution >= 4 is 29.3 Å². The number of nitrogens with one attached hydrogen (secondary N) is 1. The maximum absolute atomic E-state index is 11.6. The van der Waals surface area contributed by atoms with Crippen molar-refractivity contribution in [1.82, 2.24) is 10.2 Å². The summed E-state index contributed by atoms with van der Waals surface area (Å²) in [4.78, 5) is 34.5. The molecular weight excluding hydrogens is 272 g/mol. The van der Waals surface area contributed by atoms with Gasteiger partial charge in [-0.1, -0.05) is 6.07 Å². The molecule has 0 saturated carbocycles. The molecule has 0 bridgehead atoms. The van der Waals surface area contributed by atoms with Gasteiger partial charge in [-0.25, -0.2) is 4.79 Å². The van der Waals surface area contributed by atoms with Crippen LogP contribution in [0.15, 0.2) is 17.5 Å². The quantitative estimate of drug-likeness (QED) is 0.675. The van der Waals surface area contributed by atoms with Gasteiger partial charge < -0.3 is 20.4 Å². The molecule has 1 aromatic rings. The predicted molar refractivity (Wildman–Crippen MR) is 68.3 cm³/mol. The van der Waals surface area contributed by atoms with Crippen molar-refractivity contribution in [2.24, 2.45) is 0 Å². The molecule has 0 aliphatic rings. The second-order valence-corrected chi connectivity index (χ2v) is 4.74. The predicted octanol–water partition coefficient (Wildman–Crippen LogP) is 0.471. The maximum atomic E-state index is 11.6. The van der Waals surface area contributed by atoms with Crippen LogP contribution in [0.2, 0.25) is 0 Å². The third kappa shape index (κ3) is 5.87. The van der Waals surface area contributed by atoms with Gasteiger partial charge in [-0.05, 0) is 17.9 Å². The van der Waals surface area contributed by atoms with Crippen molar-refractivity contribution in [3.8, 4) is 0 Å². The molecule has 0 unspecified atom stereocenters. The number of aliphatic carboxylic acids is 2. The molecule has 7 nitrogen and oxygen atoms in total. The van der Waals surface area contributed by atoms with Gasteiger partial charge in [-0.15, -0.1) is 11.3 Å². The molecule has 0 radical (unpaired) electrons. The topological polar surface area (TPSA) is 107 Å². The largest absolute Gasteiger partial charge is 0.480 e. The molecule has 1 aromatic heterocycles. The van der Waals surface area contributed by atoms with Gasteiger partial charge in [0.1, 0.15) is 13.1 Å². The number of carboxylic acids is 2. The van der Waals surface area contributed by atoms with Crippen LogP contribution in [0.5, 0.6) is 0 Å². The molecule has 0 aliphatic carbocycles. The summed E-state index contributed by atoms with van der Waals surface area (Å²) < 4.78 is 0. The van der Waals surface area contributed by atoms with Gasteiger partial charge in [0, 0.05) is 11.4 Å². The first kappa shape index (κ1) is 15.0. The van der Waals surface area contributed by atoms with Crippen LogP contribution in [-0.4, -0.2) is 52.7 Å². The molecule has 0 atom stereocenters. The van der Waals surface area contributed by atoms with Crippen molar-refractivity contribution < 1.29 is 24.6 Å². The van der Waals surface area contributed by atoms with Crippen molar-refractivity contribution in [1.29, 1.82) is 0 Å². The molecule has 1 rings (SSSR count). The Bertz CT molecular complexity index is 430. The van der Waals surface area contributed by atoms with Gasteiger partial charge in [0.25, 0.3) is 0 Å². The molecule has 0 aromatic carbocycles. The fourth-order valence-corrected chi connectivity index (χ4v) is 2.09. The normalized spacial score (nSPS) is 9.89. The lowest BCUT2D eigenvalue weighted by atomic mass is 10.3. The number of carbonyl (C=O) groups is 3. The van der Waals surface area contributed by atoms with Gasteiger partial charge in [0.05, 0.1) is 0 Å². The van der Waals surface area contributed by atoms with Crippen LogP contribution in [0.25, 0.3) is 0 Å². The SMILES string of the molecule is O=C(O)CN(CC(=O)O)C(=O)NCCc1cccs1. The van der Waals surface area contributed by atoms with E-state index in [9.17, 15) is 14.4 Å². The van der Waals surface area contributed by atoms with Crippen LogP contribution in [0.3, 0.4) is 0 Å². The van der Waals surface area contributed by atoms with Crippen molar-refractivity contribution in [3.63, 3.8) is 0 Å². The first-order valence-corrected chi connectivity index (χ1v) is 6.35. The molecule has 0 spiro atoms. The standard InChI is InChI=1S/C11H14N2O5S/c14-9(15)6-13(7-10(16)17)11(18)12-4-3-8-2-1-5-19-8/h1-2,5H,3-4,6-7H2,(H,12,18)(H,14,15)(H,16,17). The van der Waals surface area contributed by atoms with Crippen molar-refractivity contribution in [3.05, 3.63) is 22.4 Å². The highest BCUT2D eigenvalue weighted by molar-refractivity contribution is 7.09. The Morgan fingerprint density at radius 1 is 1.21 bits per heavy atom. The molecule has 104 valence electrons. The van der Waals surface area contributed by atoms with E-state index in [1.807, 2.05) is 17.5 Å². The summed E-state index contributed by atoms with van der Waals surface area (Å²) in [6, 6.07) is 3.12. The molecule has 0 aliphatic heterocycles. The summed E-state index contributed by atoms with van der Waals surface area (Å²) in [6.07, 6.45) is 0.622.